The summed E-state index contributed by atoms with van der Waals surface area (Å²) in [6, 6.07) is 21.6. The van der Waals surface area contributed by atoms with Crippen molar-refractivity contribution in [3.63, 3.8) is 0 Å². The Morgan fingerprint density at radius 1 is 0.968 bits per heavy atom. The van der Waals surface area contributed by atoms with Crippen molar-refractivity contribution < 1.29 is 4.79 Å². The van der Waals surface area contributed by atoms with Crippen LogP contribution in [0.5, 0.6) is 0 Å². The third-order valence-electron chi connectivity index (χ3n) is 5.29. The van der Waals surface area contributed by atoms with E-state index in [0.717, 1.165) is 54.7 Å². The molecule has 0 saturated carbocycles. The second-order valence-electron chi connectivity index (χ2n) is 7.49. The number of rotatable bonds is 6. The Hall–Kier alpha value is -3.15. The van der Waals surface area contributed by atoms with Crippen LogP contribution in [0.4, 0.5) is 11.5 Å². The maximum Gasteiger partial charge on any atom is 0.248 e. The molecule has 2 aromatic carbocycles. The lowest BCUT2D eigenvalue weighted by molar-refractivity contribution is -0.111. The molecule has 1 fully saturated rings. The Morgan fingerprint density at radius 2 is 1.71 bits per heavy atom. The van der Waals surface area contributed by atoms with Crippen LogP contribution >= 0.6 is 11.6 Å². The number of pyridine rings is 1. The van der Waals surface area contributed by atoms with Gasteiger partial charge in [0.15, 0.2) is 0 Å². The number of carbonyl (C=O) groups is 1. The molecule has 0 bridgehead atoms. The van der Waals surface area contributed by atoms with E-state index >= 15 is 0 Å². The summed E-state index contributed by atoms with van der Waals surface area (Å²) in [6.45, 7) is 4.58. The van der Waals surface area contributed by atoms with Crippen LogP contribution in [0.3, 0.4) is 0 Å². The molecule has 2 heterocycles. The van der Waals surface area contributed by atoms with Crippen LogP contribution in [-0.2, 0) is 11.3 Å². The number of aromatic nitrogens is 1. The van der Waals surface area contributed by atoms with Crippen LogP contribution in [0.2, 0.25) is 5.02 Å². The van der Waals surface area contributed by atoms with Gasteiger partial charge in [-0.25, -0.2) is 4.98 Å². The highest BCUT2D eigenvalue weighted by Crippen LogP contribution is 2.20. The largest absolute Gasteiger partial charge is 0.354 e. The van der Waals surface area contributed by atoms with Crippen LogP contribution in [0, 0.1) is 0 Å². The SMILES string of the molecule is O=C(/C=C/c1ccccc1)Nc1ccc(N2CCN(Cc3ccccc3Cl)CC2)nc1. The number of halogens is 1. The summed E-state index contributed by atoms with van der Waals surface area (Å²) in [5.74, 6) is 0.752. The van der Waals surface area contributed by atoms with Gasteiger partial charge in [-0.15, -0.1) is 0 Å². The van der Waals surface area contributed by atoms with E-state index in [1.807, 2.05) is 60.7 Å². The van der Waals surface area contributed by atoms with E-state index in [1.54, 1.807) is 12.3 Å². The summed E-state index contributed by atoms with van der Waals surface area (Å²) in [5, 5.41) is 3.68. The zero-order chi connectivity index (χ0) is 21.5. The van der Waals surface area contributed by atoms with Gasteiger partial charge in [-0.1, -0.05) is 60.1 Å². The molecule has 6 heteroatoms. The molecular formula is C25H25ClN4O. The number of carbonyl (C=O) groups excluding carboxylic acids is 1. The number of anilines is 2. The summed E-state index contributed by atoms with van der Waals surface area (Å²) in [4.78, 5) is 21.4. The van der Waals surface area contributed by atoms with Gasteiger partial charge in [0.2, 0.25) is 5.91 Å². The molecule has 4 rings (SSSR count). The molecule has 0 spiro atoms. The van der Waals surface area contributed by atoms with Gasteiger partial charge in [-0.2, -0.15) is 0 Å². The number of benzene rings is 2. The summed E-state index contributed by atoms with van der Waals surface area (Å²) in [5.41, 5.74) is 2.83. The molecule has 1 N–H and O–H groups in total. The van der Waals surface area contributed by atoms with Crippen molar-refractivity contribution in [1.29, 1.82) is 0 Å². The highest BCUT2D eigenvalue weighted by Gasteiger charge is 2.18. The molecule has 1 aliphatic rings. The van der Waals surface area contributed by atoms with Gasteiger partial charge >= 0.3 is 0 Å². The second-order valence-corrected chi connectivity index (χ2v) is 7.90. The summed E-state index contributed by atoms with van der Waals surface area (Å²) < 4.78 is 0. The fraction of sp³-hybridized carbons (Fsp3) is 0.200. The topological polar surface area (TPSA) is 48.5 Å². The molecule has 1 aromatic heterocycles. The predicted octanol–water partition coefficient (Wildman–Crippen LogP) is 4.71. The normalized spacial score (nSPS) is 14.7. The third-order valence-corrected chi connectivity index (χ3v) is 5.66. The van der Waals surface area contributed by atoms with E-state index in [2.05, 4.69) is 26.2 Å². The average molecular weight is 433 g/mol. The van der Waals surface area contributed by atoms with Crippen LogP contribution in [0.15, 0.2) is 79.0 Å². The van der Waals surface area contributed by atoms with E-state index in [4.69, 9.17) is 11.6 Å². The Morgan fingerprint density at radius 3 is 2.42 bits per heavy atom. The minimum atomic E-state index is -0.174. The van der Waals surface area contributed by atoms with Gasteiger partial charge in [-0.05, 0) is 35.4 Å². The van der Waals surface area contributed by atoms with E-state index in [0.29, 0.717) is 5.69 Å². The highest BCUT2D eigenvalue weighted by molar-refractivity contribution is 6.31. The fourth-order valence-electron chi connectivity index (χ4n) is 3.57. The molecule has 0 unspecified atom stereocenters. The van der Waals surface area contributed by atoms with Crippen molar-refractivity contribution in [3.8, 4) is 0 Å². The van der Waals surface area contributed by atoms with Gasteiger partial charge in [-0.3, -0.25) is 9.69 Å². The van der Waals surface area contributed by atoms with Crippen molar-refractivity contribution in [2.24, 2.45) is 0 Å². The van der Waals surface area contributed by atoms with Crippen molar-refractivity contribution >= 4 is 35.1 Å². The third kappa shape index (κ3) is 5.94. The van der Waals surface area contributed by atoms with Crippen molar-refractivity contribution in [2.45, 2.75) is 6.54 Å². The lowest BCUT2D eigenvalue weighted by Gasteiger charge is -2.35. The monoisotopic (exact) mass is 432 g/mol. The smallest absolute Gasteiger partial charge is 0.248 e. The lowest BCUT2D eigenvalue weighted by Crippen LogP contribution is -2.46. The van der Waals surface area contributed by atoms with E-state index in [9.17, 15) is 4.79 Å². The van der Waals surface area contributed by atoms with E-state index < -0.39 is 0 Å². The van der Waals surface area contributed by atoms with Crippen molar-refractivity contribution in [2.75, 3.05) is 36.4 Å². The van der Waals surface area contributed by atoms with Crippen molar-refractivity contribution in [3.05, 3.63) is 95.2 Å². The average Bonchev–Trinajstić information content (AvgIpc) is 2.81. The number of nitrogens with one attached hydrogen (secondary N) is 1. The molecule has 31 heavy (non-hydrogen) atoms. The molecule has 3 aromatic rings. The maximum absolute atomic E-state index is 12.1. The minimum absolute atomic E-state index is 0.174. The Balaban J connectivity index is 1.27. The van der Waals surface area contributed by atoms with Crippen LogP contribution in [0.1, 0.15) is 11.1 Å². The van der Waals surface area contributed by atoms with Gasteiger partial charge in [0, 0.05) is 43.8 Å². The Kier molecular flexibility index (Phi) is 6.97. The minimum Gasteiger partial charge on any atom is -0.354 e. The van der Waals surface area contributed by atoms with Crippen LogP contribution in [0.25, 0.3) is 6.08 Å². The number of amides is 1. The molecule has 0 atom stereocenters. The number of hydrogen-bond acceptors (Lipinski definition) is 4. The zero-order valence-electron chi connectivity index (χ0n) is 17.2. The van der Waals surface area contributed by atoms with Gasteiger partial charge < -0.3 is 10.2 Å². The molecule has 1 saturated heterocycles. The quantitative estimate of drug-likeness (QED) is 0.573. The number of piperazine rings is 1. The fourth-order valence-corrected chi connectivity index (χ4v) is 3.77. The van der Waals surface area contributed by atoms with Gasteiger partial charge in [0.1, 0.15) is 5.82 Å². The van der Waals surface area contributed by atoms with Gasteiger partial charge in [0.25, 0.3) is 0 Å². The zero-order valence-corrected chi connectivity index (χ0v) is 18.0. The lowest BCUT2D eigenvalue weighted by atomic mass is 10.2. The van der Waals surface area contributed by atoms with Crippen LogP contribution < -0.4 is 10.2 Å². The molecule has 1 amide bonds. The first-order chi connectivity index (χ1) is 15.2. The summed E-state index contributed by atoms with van der Waals surface area (Å²) in [6.07, 6.45) is 5.03. The maximum atomic E-state index is 12.1. The molecule has 5 nitrogen and oxygen atoms in total. The molecular weight excluding hydrogens is 408 g/mol. The first-order valence-corrected chi connectivity index (χ1v) is 10.8. The molecule has 158 valence electrons. The molecule has 0 aliphatic carbocycles. The standard InChI is InChI=1S/C25H25ClN4O/c26-23-9-5-4-8-21(23)19-29-14-16-30(17-15-29)24-12-11-22(18-27-24)28-25(31)13-10-20-6-2-1-3-7-20/h1-13,18H,14-17,19H2,(H,28,31)/b13-10+. The molecule has 1 aliphatic heterocycles. The highest BCUT2D eigenvalue weighted by atomic mass is 35.5. The summed E-state index contributed by atoms with van der Waals surface area (Å²) in [7, 11) is 0. The van der Waals surface area contributed by atoms with Crippen molar-refractivity contribution in [1.82, 2.24) is 9.88 Å². The van der Waals surface area contributed by atoms with E-state index in [1.165, 1.54) is 6.08 Å². The van der Waals surface area contributed by atoms with Gasteiger partial charge in [0.05, 0.1) is 11.9 Å². The van der Waals surface area contributed by atoms with E-state index in [-0.39, 0.29) is 5.91 Å². The number of hydrogen-bond donors (Lipinski definition) is 1. The Bertz CT molecular complexity index is 1030. The first-order valence-electron chi connectivity index (χ1n) is 10.4. The Labute approximate surface area is 188 Å². The first kappa shape index (κ1) is 21.1. The number of nitrogens with zero attached hydrogens (tertiary/aromatic N) is 3. The van der Waals surface area contributed by atoms with Crippen LogP contribution in [-0.4, -0.2) is 42.0 Å². The summed E-state index contributed by atoms with van der Waals surface area (Å²) >= 11 is 6.29. The predicted molar refractivity (Wildman–Crippen MR) is 127 cm³/mol. The molecule has 0 radical (unpaired) electrons. The second kappa shape index (κ2) is 10.2.